The van der Waals surface area contributed by atoms with E-state index in [-0.39, 0.29) is 12.5 Å². The molecule has 4 heteroatoms. The van der Waals surface area contributed by atoms with Crippen LogP contribution in [0.2, 0.25) is 0 Å². The van der Waals surface area contributed by atoms with E-state index in [0.29, 0.717) is 17.2 Å². The van der Waals surface area contributed by atoms with E-state index in [1.165, 1.54) is 0 Å². The molecule has 1 amide bonds. The summed E-state index contributed by atoms with van der Waals surface area (Å²) in [4.78, 5) is 12.1. The Labute approximate surface area is 134 Å². The smallest absolute Gasteiger partial charge is 0.262 e. The van der Waals surface area contributed by atoms with Crippen molar-refractivity contribution < 1.29 is 14.3 Å². The van der Waals surface area contributed by atoms with Crippen LogP contribution in [0.15, 0.2) is 66.7 Å². The molecule has 0 fully saturated rings. The number of anilines is 1. The predicted octanol–water partition coefficient (Wildman–Crippen LogP) is 3.87. The molecule has 0 saturated carbocycles. The van der Waals surface area contributed by atoms with E-state index >= 15 is 0 Å². The highest BCUT2D eigenvalue weighted by Crippen LogP contribution is 2.26. The zero-order valence-electron chi connectivity index (χ0n) is 12.8. The number of nitrogens with one attached hydrogen (secondary N) is 1. The topological polar surface area (TPSA) is 47.6 Å². The van der Waals surface area contributed by atoms with Crippen molar-refractivity contribution in [3.05, 3.63) is 66.7 Å². The maximum Gasteiger partial charge on any atom is 0.262 e. The molecule has 0 radical (unpaired) electrons. The normalized spacial score (nSPS) is 10.3. The third kappa shape index (κ3) is 3.43. The summed E-state index contributed by atoms with van der Waals surface area (Å²) in [5.74, 6) is 1.08. The van der Waals surface area contributed by atoms with Crippen LogP contribution in [-0.4, -0.2) is 19.6 Å². The Morgan fingerprint density at radius 2 is 1.61 bits per heavy atom. The number of carbonyl (C=O) groups is 1. The highest BCUT2D eigenvalue weighted by atomic mass is 16.5. The Hall–Kier alpha value is -3.01. The SMILES string of the molecule is COc1ccccc1NC(=O)COc1cccc2ccccc12. The van der Waals surface area contributed by atoms with Crippen LogP contribution in [0.3, 0.4) is 0 Å². The molecular weight excluding hydrogens is 290 g/mol. The van der Waals surface area contributed by atoms with E-state index in [1.54, 1.807) is 19.2 Å². The first-order valence-corrected chi connectivity index (χ1v) is 7.31. The minimum atomic E-state index is -0.234. The number of fused-ring (bicyclic) bond motifs is 1. The fourth-order valence-corrected chi connectivity index (χ4v) is 2.40. The Balaban J connectivity index is 1.69. The Morgan fingerprint density at radius 3 is 2.48 bits per heavy atom. The van der Waals surface area contributed by atoms with Crippen LogP contribution in [0.1, 0.15) is 0 Å². The molecule has 0 bridgehead atoms. The summed E-state index contributed by atoms with van der Waals surface area (Å²) in [6, 6.07) is 21.0. The Morgan fingerprint density at radius 1 is 0.913 bits per heavy atom. The molecule has 0 unspecified atom stereocenters. The van der Waals surface area contributed by atoms with E-state index in [4.69, 9.17) is 9.47 Å². The average molecular weight is 307 g/mol. The number of hydrogen-bond acceptors (Lipinski definition) is 3. The highest BCUT2D eigenvalue weighted by Gasteiger charge is 2.08. The number of carbonyl (C=O) groups excluding carboxylic acids is 1. The molecule has 3 aromatic carbocycles. The van der Waals surface area contributed by atoms with Gasteiger partial charge in [0.15, 0.2) is 6.61 Å². The standard InChI is InChI=1S/C19H17NO3/c1-22-18-11-5-4-10-16(18)20-19(21)13-23-17-12-6-8-14-7-2-3-9-15(14)17/h2-12H,13H2,1H3,(H,20,21). The summed E-state index contributed by atoms with van der Waals surface area (Å²) in [6.45, 7) is -0.0634. The van der Waals surface area contributed by atoms with Gasteiger partial charge in [-0.3, -0.25) is 4.79 Å². The van der Waals surface area contributed by atoms with Gasteiger partial charge in [0, 0.05) is 5.39 Å². The third-order valence-electron chi connectivity index (χ3n) is 3.49. The maximum atomic E-state index is 12.1. The third-order valence-corrected chi connectivity index (χ3v) is 3.49. The molecule has 0 saturated heterocycles. The van der Waals surface area contributed by atoms with Gasteiger partial charge in [0.2, 0.25) is 0 Å². The molecule has 0 spiro atoms. The number of para-hydroxylation sites is 2. The molecule has 0 aromatic heterocycles. The number of hydrogen-bond donors (Lipinski definition) is 1. The van der Waals surface area contributed by atoms with E-state index in [2.05, 4.69) is 5.32 Å². The first-order valence-electron chi connectivity index (χ1n) is 7.31. The molecule has 0 aliphatic heterocycles. The van der Waals surface area contributed by atoms with Crippen LogP contribution in [0, 0.1) is 0 Å². The molecule has 3 rings (SSSR count). The average Bonchev–Trinajstić information content (AvgIpc) is 2.60. The van der Waals surface area contributed by atoms with Gasteiger partial charge in [0.05, 0.1) is 12.8 Å². The number of amides is 1. The van der Waals surface area contributed by atoms with Gasteiger partial charge >= 0.3 is 0 Å². The van der Waals surface area contributed by atoms with Gasteiger partial charge in [-0.1, -0.05) is 48.5 Å². The minimum Gasteiger partial charge on any atom is -0.495 e. The summed E-state index contributed by atoms with van der Waals surface area (Å²) < 4.78 is 10.9. The lowest BCUT2D eigenvalue weighted by Crippen LogP contribution is -2.20. The second-order valence-corrected chi connectivity index (χ2v) is 5.01. The first-order chi connectivity index (χ1) is 11.3. The lowest BCUT2D eigenvalue weighted by Gasteiger charge is -2.11. The van der Waals surface area contributed by atoms with Gasteiger partial charge in [-0.25, -0.2) is 0 Å². The summed E-state index contributed by atoms with van der Waals surface area (Å²) in [7, 11) is 1.57. The van der Waals surface area contributed by atoms with Crippen molar-refractivity contribution >= 4 is 22.4 Å². The fraction of sp³-hybridized carbons (Fsp3) is 0.105. The van der Waals surface area contributed by atoms with Crippen LogP contribution in [0.5, 0.6) is 11.5 Å². The number of methoxy groups -OCH3 is 1. The quantitative estimate of drug-likeness (QED) is 0.778. The number of ether oxygens (including phenoxy) is 2. The predicted molar refractivity (Wildman–Crippen MR) is 91.1 cm³/mol. The highest BCUT2D eigenvalue weighted by molar-refractivity contribution is 5.94. The van der Waals surface area contributed by atoms with Gasteiger partial charge < -0.3 is 14.8 Å². The largest absolute Gasteiger partial charge is 0.495 e. The van der Waals surface area contributed by atoms with E-state index < -0.39 is 0 Å². The molecule has 3 aromatic rings. The zero-order valence-corrected chi connectivity index (χ0v) is 12.8. The molecule has 1 N–H and O–H groups in total. The second kappa shape index (κ2) is 6.83. The molecule has 116 valence electrons. The zero-order chi connectivity index (χ0) is 16.1. The molecule has 0 aliphatic carbocycles. The van der Waals surface area contributed by atoms with Gasteiger partial charge in [0.25, 0.3) is 5.91 Å². The van der Waals surface area contributed by atoms with Crippen LogP contribution >= 0.6 is 0 Å². The van der Waals surface area contributed by atoms with Crippen molar-refractivity contribution in [1.29, 1.82) is 0 Å². The van der Waals surface area contributed by atoms with Crippen molar-refractivity contribution in [1.82, 2.24) is 0 Å². The second-order valence-electron chi connectivity index (χ2n) is 5.01. The van der Waals surface area contributed by atoms with Crippen LogP contribution in [0.4, 0.5) is 5.69 Å². The first kappa shape index (κ1) is 14.9. The van der Waals surface area contributed by atoms with Gasteiger partial charge in [-0.2, -0.15) is 0 Å². The minimum absolute atomic E-state index is 0.0634. The monoisotopic (exact) mass is 307 g/mol. The van der Waals surface area contributed by atoms with Crippen molar-refractivity contribution in [3.8, 4) is 11.5 Å². The summed E-state index contributed by atoms with van der Waals surface area (Å²) in [5.41, 5.74) is 0.626. The molecule has 4 nitrogen and oxygen atoms in total. The molecule has 0 atom stereocenters. The summed E-state index contributed by atoms with van der Waals surface area (Å²) >= 11 is 0. The molecular formula is C19H17NO3. The maximum absolute atomic E-state index is 12.1. The van der Waals surface area contributed by atoms with E-state index in [9.17, 15) is 4.79 Å². The van der Waals surface area contributed by atoms with E-state index in [1.807, 2.05) is 54.6 Å². The molecule has 0 heterocycles. The Bertz CT molecular complexity index is 824. The van der Waals surface area contributed by atoms with Crippen molar-refractivity contribution in [3.63, 3.8) is 0 Å². The van der Waals surface area contributed by atoms with Gasteiger partial charge in [-0.15, -0.1) is 0 Å². The summed E-state index contributed by atoms with van der Waals surface area (Å²) in [5, 5.41) is 4.86. The van der Waals surface area contributed by atoms with Crippen LogP contribution < -0.4 is 14.8 Å². The van der Waals surface area contributed by atoms with Crippen molar-refractivity contribution in [2.24, 2.45) is 0 Å². The fourth-order valence-electron chi connectivity index (χ4n) is 2.40. The van der Waals surface area contributed by atoms with Gasteiger partial charge in [-0.05, 0) is 23.6 Å². The van der Waals surface area contributed by atoms with Crippen molar-refractivity contribution in [2.45, 2.75) is 0 Å². The van der Waals surface area contributed by atoms with Crippen LogP contribution in [0.25, 0.3) is 10.8 Å². The van der Waals surface area contributed by atoms with Gasteiger partial charge in [0.1, 0.15) is 11.5 Å². The molecule has 23 heavy (non-hydrogen) atoms. The lowest BCUT2D eigenvalue weighted by atomic mass is 10.1. The van der Waals surface area contributed by atoms with Crippen molar-refractivity contribution in [2.75, 3.05) is 19.0 Å². The van der Waals surface area contributed by atoms with Crippen LogP contribution in [-0.2, 0) is 4.79 Å². The number of rotatable bonds is 5. The summed E-state index contributed by atoms with van der Waals surface area (Å²) in [6.07, 6.45) is 0. The number of benzene rings is 3. The van der Waals surface area contributed by atoms with E-state index in [0.717, 1.165) is 10.8 Å². The molecule has 0 aliphatic rings. The lowest BCUT2D eigenvalue weighted by molar-refractivity contribution is -0.118. The Kier molecular flexibility index (Phi) is 4.43.